The molecule has 2 N–H and O–H groups in total. The van der Waals surface area contributed by atoms with Crippen molar-refractivity contribution in [1.82, 2.24) is 9.78 Å². The Morgan fingerprint density at radius 3 is 2.76 bits per heavy atom. The van der Waals surface area contributed by atoms with Gasteiger partial charge in [0, 0.05) is 23.1 Å². The number of halogens is 2. The summed E-state index contributed by atoms with van der Waals surface area (Å²) >= 11 is 9.81. The molecule has 6 heteroatoms. The van der Waals surface area contributed by atoms with Crippen LogP contribution in [0.2, 0.25) is 5.02 Å². The molecular formula is C15H19BrClN3O. The van der Waals surface area contributed by atoms with Crippen LogP contribution in [-0.4, -0.2) is 9.78 Å². The van der Waals surface area contributed by atoms with Crippen LogP contribution in [0.5, 0.6) is 5.75 Å². The zero-order chi connectivity index (χ0) is 15.4. The third kappa shape index (κ3) is 3.59. The molecule has 0 amide bonds. The number of aryl methyl sites for hydroxylation is 2. The summed E-state index contributed by atoms with van der Waals surface area (Å²) in [5.41, 5.74) is 8.53. The highest BCUT2D eigenvalue weighted by Crippen LogP contribution is 2.26. The first-order chi connectivity index (χ1) is 10.1. The largest absolute Gasteiger partial charge is 0.487 e. The van der Waals surface area contributed by atoms with Crippen LogP contribution in [0, 0.1) is 0 Å². The van der Waals surface area contributed by atoms with Crippen molar-refractivity contribution in [1.29, 1.82) is 0 Å². The lowest BCUT2D eigenvalue weighted by molar-refractivity contribution is 0.289. The fraction of sp³-hybridized carbons (Fsp3) is 0.400. The van der Waals surface area contributed by atoms with E-state index in [2.05, 4.69) is 21.0 Å². The monoisotopic (exact) mass is 371 g/mol. The highest BCUT2D eigenvalue weighted by Gasteiger charge is 2.15. The molecule has 0 fully saturated rings. The number of hydrogen-bond acceptors (Lipinski definition) is 3. The minimum absolute atomic E-state index is 0.383. The molecule has 1 heterocycles. The molecule has 0 saturated heterocycles. The molecule has 114 valence electrons. The fourth-order valence-corrected chi connectivity index (χ4v) is 2.88. The van der Waals surface area contributed by atoms with E-state index in [4.69, 9.17) is 22.1 Å². The van der Waals surface area contributed by atoms with Gasteiger partial charge in [-0.15, -0.1) is 0 Å². The van der Waals surface area contributed by atoms with Gasteiger partial charge in [0.05, 0.1) is 16.4 Å². The normalized spacial score (nSPS) is 10.9. The number of nitrogens with zero attached hydrogens (tertiary/aromatic N) is 2. The summed E-state index contributed by atoms with van der Waals surface area (Å²) < 4.78 is 8.78. The standard InChI is InChI=1S/C15H19BrClN3O/c1-3-12-15(17)13(20(4-2)19-12)9-21-14-6-5-11(16)7-10(14)8-18/h5-7H,3-4,8-9,18H2,1-2H3. The highest BCUT2D eigenvalue weighted by molar-refractivity contribution is 9.10. The maximum absolute atomic E-state index is 6.38. The van der Waals surface area contributed by atoms with Gasteiger partial charge in [0.25, 0.3) is 0 Å². The molecule has 1 aromatic carbocycles. The number of rotatable bonds is 6. The molecule has 21 heavy (non-hydrogen) atoms. The molecule has 1 aromatic heterocycles. The molecule has 0 aliphatic rings. The second-order valence-electron chi connectivity index (χ2n) is 4.62. The van der Waals surface area contributed by atoms with Gasteiger partial charge in [0.2, 0.25) is 0 Å². The second-order valence-corrected chi connectivity index (χ2v) is 5.92. The highest BCUT2D eigenvalue weighted by atomic mass is 79.9. The minimum atomic E-state index is 0.383. The van der Waals surface area contributed by atoms with Gasteiger partial charge in [-0.2, -0.15) is 5.10 Å². The third-order valence-electron chi connectivity index (χ3n) is 3.30. The molecule has 4 nitrogen and oxygen atoms in total. The first-order valence-corrected chi connectivity index (χ1v) is 8.13. The smallest absolute Gasteiger partial charge is 0.131 e. The topological polar surface area (TPSA) is 53.1 Å². The SMILES string of the molecule is CCc1nn(CC)c(COc2ccc(Br)cc2CN)c1Cl. The number of benzene rings is 1. The number of hydrogen-bond donors (Lipinski definition) is 1. The maximum atomic E-state index is 6.38. The van der Waals surface area contributed by atoms with Crippen molar-refractivity contribution in [3.63, 3.8) is 0 Å². The van der Waals surface area contributed by atoms with Crippen LogP contribution in [0.1, 0.15) is 30.8 Å². The summed E-state index contributed by atoms with van der Waals surface area (Å²) in [5, 5.41) is 5.19. The Morgan fingerprint density at radius 1 is 1.38 bits per heavy atom. The Labute approximate surface area is 138 Å². The van der Waals surface area contributed by atoms with Gasteiger partial charge in [-0.25, -0.2) is 0 Å². The van der Waals surface area contributed by atoms with E-state index in [1.165, 1.54) is 0 Å². The van der Waals surface area contributed by atoms with Crippen LogP contribution < -0.4 is 10.5 Å². The van der Waals surface area contributed by atoms with Crippen LogP contribution in [0.4, 0.5) is 0 Å². The van der Waals surface area contributed by atoms with Crippen LogP contribution >= 0.6 is 27.5 Å². The Bertz CT molecular complexity index is 628. The van der Waals surface area contributed by atoms with Crippen molar-refractivity contribution >= 4 is 27.5 Å². The van der Waals surface area contributed by atoms with Crippen molar-refractivity contribution in [2.45, 2.75) is 40.0 Å². The number of ether oxygens (including phenoxy) is 1. The lowest BCUT2D eigenvalue weighted by Gasteiger charge is -2.12. The van der Waals surface area contributed by atoms with Crippen LogP contribution in [0.25, 0.3) is 0 Å². The molecule has 0 aliphatic carbocycles. The summed E-state index contributed by atoms with van der Waals surface area (Å²) in [6, 6.07) is 5.81. The van der Waals surface area contributed by atoms with E-state index in [1.54, 1.807) is 0 Å². The lowest BCUT2D eigenvalue weighted by atomic mass is 10.2. The Balaban J connectivity index is 2.22. The zero-order valence-corrected chi connectivity index (χ0v) is 14.5. The van der Waals surface area contributed by atoms with E-state index in [0.29, 0.717) is 18.2 Å². The van der Waals surface area contributed by atoms with Gasteiger partial charge in [-0.3, -0.25) is 4.68 Å². The van der Waals surface area contributed by atoms with Crippen molar-refractivity contribution in [2.24, 2.45) is 5.73 Å². The minimum Gasteiger partial charge on any atom is -0.487 e. The second kappa shape index (κ2) is 7.29. The molecule has 0 spiro atoms. The van der Waals surface area contributed by atoms with E-state index >= 15 is 0 Å². The Kier molecular flexibility index (Phi) is 5.67. The third-order valence-corrected chi connectivity index (χ3v) is 4.23. The Hall–Kier alpha value is -1.04. The average molecular weight is 373 g/mol. The number of nitrogens with two attached hydrogens (primary N) is 1. The van der Waals surface area contributed by atoms with E-state index in [0.717, 1.165) is 40.1 Å². The molecule has 0 unspecified atom stereocenters. The van der Waals surface area contributed by atoms with Crippen LogP contribution in [0.3, 0.4) is 0 Å². The summed E-state index contributed by atoms with van der Waals surface area (Å²) in [7, 11) is 0. The molecular weight excluding hydrogens is 354 g/mol. The van der Waals surface area contributed by atoms with Crippen molar-refractivity contribution in [2.75, 3.05) is 0 Å². The molecule has 2 rings (SSSR count). The predicted molar refractivity (Wildman–Crippen MR) is 88.7 cm³/mol. The summed E-state index contributed by atoms with van der Waals surface area (Å²) in [6.45, 7) is 5.66. The van der Waals surface area contributed by atoms with Crippen molar-refractivity contribution in [3.8, 4) is 5.75 Å². The van der Waals surface area contributed by atoms with Gasteiger partial charge in [0.1, 0.15) is 12.4 Å². The molecule has 0 bridgehead atoms. The van der Waals surface area contributed by atoms with Crippen molar-refractivity contribution < 1.29 is 4.74 Å². The first kappa shape index (κ1) is 16.3. The van der Waals surface area contributed by atoms with E-state index in [-0.39, 0.29) is 0 Å². The van der Waals surface area contributed by atoms with E-state index in [9.17, 15) is 0 Å². The van der Waals surface area contributed by atoms with Gasteiger partial charge in [0.15, 0.2) is 0 Å². The quantitative estimate of drug-likeness (QED) is 0.836. The average Bonchev–Trinajstić information content (AvgIpc) is 2.81. The van der Waals surface area contributed by atoms with Crippen LogP contribution in [-0.2, 0) is 26.1 Å². The Morgan fingerprint density at radius 2 is 2.14 bits per heavy atom. The zero-order valence-electron chi connectivity index (χ0n) is 12.2. The summed E-state index contributed by atoms with van der Waals surface area (Å²) in [6.07, 6.45) is 0.811. The predicted octanol–water partition coefficient (Wildman–Crippen LogP) is 3.92. The molecule has 2 aromatic rings. The molecule has 0 aliphatic heterocycles. The van der Waals surface area contributed by atoms with Gasteiger partial charge < -0.3 is 10.5 Å². The maximum Gasteiger partial charge on any atom is 0.131 e. The molecule has 0 saturated carbocycles. The first-order valence-electron chi connectivity index (χ1n) is 6.96. The fourth-order valence-electron chi connectivity index (χ4n) is 2.15. The van der Waals surface area contributed by atoms with Crippen LogP contribution in [0.15, 0.2) is 22.7 Å². The van der Waals surface area contributed by atoms with E-state index < -0.39 is 0 Å². The molecule has 0 atom stereocenters. The van der Waals surface area contributed by atoms with Crippen molar-refractivity contribution in [3.05, 3.63) is 44.6 Å². The lowest BCUT2D eigenvalue weighted by Crippen LogP contribution is -2.08. The summed E-state index contributed by atoms with van der Waals surface area (Å²) in [5.74, 6) is 0.777. The van der Waals surface area contributed by atoms with Gasteiger partial charge >= 0.3 is 0 Å². The summed E-state index contributed by atoms with van der Waals surface area (Å²) in [4.78, 5) is 0. The van der Waals surface area contributed by atoms with Gasteiger partial charge in [-0.05, 0) is 31.5 Å². The van der Waals surface area contributed by atoms with Gasteiger partial charge in [-0.1, -0.05) is 34.5 Å². The van der Waals surface area contributed by atoms with E-state index in [1.807, 2.05) is 36.7 Å². The number of aromatic nitrogens is 2. The molecule has 0 radical (unpaired) electrons.